The van der Waals surface area contributed by atoms with Gasteiger partial charge in [-0.2, -0.15) is 5.26 Å². The molecule has 0 unspecified atom stereocenters. The molecule has 0 aliphatic rings. The van der Waals surface area contributed by atoms with Crippen LogP contribution in [0.15, 0.2) is 47.5 Å². The Bertz CT molecular complexity index is 770. The number of guanidine groups is 1. The number of rotatable bonds is 6. The van der Waals surface area contributed by atoms with E-state index in [1.54, 1.807) is 33.4 Å². The highest BCUT2D eigenvalue weighted by Crippen LogP contribution is 2.27. The first-order chi connectivity index (χ1) is 12.2. The first kappa shape index (κ1) is 21.6. The standard InChI is InChI=1S/C19H22N4O2.HI/c1-21-19(22-12-15-6-4-14(11-20)5-7-15)23-13-16-8-9-17(24-2)18(10-16)25-3;/h4-10H,12-13H2,1-3H3,(H2,21,22,23);1H. The smallest absolute Gasteiger partial charge is 0.191 e. The molecule has 0 atom stereocenters. The largest absolute Gasteiger partial charge is 0.493 e. The highest BCUT2D eigenvalue weighted by molar-refractivity contribution is 14.0. The summed E-state index contributed by atoms with van der Waals surface area (Å²) in [5.41, 5.74) is 2.78. The van der Waals surface area contributed by atoms with Crippen molar-refractivity contribution >= 4 is 29.9 Å². The van der Waals surface area contributed by atoms with E-state index in [1.165, 1.54) is 0 Å². The average molecular weight is 466 g/mol. The Morgan fingerprint density at radius 1 is 0.962 bits per heavy atom. The summed E-state index contributed by atoms with van der Waals surface area (Å²) in [5.74, 6) is 2.09. The lowest BCUT2D eigenvalue weighted by molar-refractivity contribution is 0.354. The number of methoxy groups -OCH3 is 2. The molecule has 26 heavy (non-hydrogen) atoms. The Balaban J connectivity index is 0.00000338. The second kappa shape index (κ2) is 11.2. The third kappa shape index (κ3) is 6.11. The molecule has 0 amide bonds. The predicted octanol–water partition coefficient (Wildman–Crippen LogP) is 3.06. The zero-order chi connectivity index (χ0) is 18.1. The number of nitrogens with zero attached hydrogens (tertiary/aromatic N) is 2. The summed E-state index contributed by atoms with van der Waals surface area (Å²) >= 11 is 0. The minimum atomic E-state index is 0. The van der Waals surface area contributed by atoms with Crippen molar-refractivity contribution in [3.8, 4) is 17.6 Å². The number of ether oxygens (including phenoxy) is 2. The molecule has 0 spiro atoms. The first-order valence-corrected chi connectivity index (χ1v) is 7.84. The highest BCUT2D eigenvalue weighted by atomic mass is 127. The van der Waals surface area contributed by atoms with E-state index in [2.05, 4.69) is 21.7 Å². The van der Waals surface area contributed by atoms with E-state index in [4.69, 9.17) is 14.7 Å². The molecule has 0 fully saturated rings. The number of benzene rings is 2. The third-order valence-corrected chi connectivity index (χ3v) is 3.67. The normalized spacial score (nSPS) is 10.3. The molecular formula is C19H23IN4O2. The van der Waals surface area contributed by atoms with Gasteiger partial charge in [-0.25, -0.2) is 0 Å². The van der Waals surface area contributed by atoms with Gasteiger partial charge in [-0.05, 0) is 35.4 Å². The Labute approximate surface area is 171 Å². The first-order valence-electron chi connectivity index (χ1n) is 7.84. The van der Waals surface area contributed by atoms with Crippen LogP contribution in [0.25, 0.3) is 0 Å². The van der Waals surface area contributed by atoms with Crippen LogP contribution in [-0.2, 0) is 13.1 Å². The van der Waals surface area contributed by atoms with Crippen LogP contribution in [0.4, 0.5) is 0 Å². The molecule has 2 aromatic rings. The van der Waals surface area contributed by atoms with E-state index in [9.17, 15) is 0 Å². The van der Waals surface area contributed by atoms with Gasteiger partial charge in [0.15, 0.2) is 17.5 Å². The maximum atomic E-state index is 8.82. The number of nitriles is 1. The fourth-order valence-electron chi connectivity index (χ4n) is 2.28. The van der Waals surface area contributed by atoms with Crippen LogP contribution in [0.5, 0.6) is 11.5 Å². The van der Waals surface area contributed by atoms with E-state index in [-0.39, 0.29) is 24.0 Å². The fourth-order valence-corrected chi connectivity index (χ4v) is 2.28. The summed E-state index contributed by atoms with van der Waals surface area (Å²) in [6.45, 7) is 1.23. The molecule has 0 saturated heterocycles. The van der Waals surface area contributed by atoms with Crippen molar-refractivity contribution in [1.29, 1.82) is 5.26 Å². The van der Waals surface area contributed by atoms with E-state index in [0.717, 1.165) is 11.1 Å². The van der Waals surface area contributed by atoms with Gasteiger partial charge in [0.25, 0.3) is 0 Å². The molecule has 6 nitrogen and oxygen atoms in total. The van der Waals surface area contributed by atoms with Crippen molar-refractivity contribution in [1.82, 2.24) is 10.6 Å². The molecule has 2 rings (SSSR count). The Hall–Kier alpha value is -2.47. The minimum Gasteiger partial charge on any atom is -0.493 e. The molecule has 0 aliphatic carbocycles. The van der Waals surface area contributed by atoms with Gasteiger partial charge in [-0.15, -0.1) is 24.0 Å². The molecule has 138 valence electrons. The number of aliphatic imine (C=N–C) groups is 1. The molecule has 2 aromatic carbocycles. The van der Waals surface area contributed by atoms with Crippen LogP contribution in [0, 0.1) is 11.3 Å². The van der Waals surface area contributed by atoms with Gasteiger partial charge in [-0.1, -0.05) is 18.2 Å². The van der Waals surface area contributed by atoms with Crippen LogP contribution in [0.1, 0.15) is 16.7 Å². The van der Waals surface area contributed by atoms with E-state index < -0.39 is 0 Å². The summed E-state index contributed by atoms with van der Waals surface area (Å²) < 4.78 is 10.6. The molecule has 2 N–H and O–H groups in total. The molecule has 0 aliphatic heterocycles. The highest BCUT2D eigenvalue weighted by Gasteiger charge is 2.05. The van der Waals surface area contributed by atoms with Crippen molar-refractivity contribution in [3.05, 3.63) is 59.2 Å². The van der Waals surface area contributed by atoms with Gasteiger partial charge < -0.3 is 20.1 Å². The maximum Gasteiger partial charge on any atom is 0.191 e. The number of halogens is 1. The van der Waals surface area contributed by atoms with Crippen molar-refractivity contribution in [3.63, 3.8) is 0 Å². The summed E-state index contributed by atoms with van der Waals surface area (Å²) in [6.07, 6.45) is 0. The van der Waals surface area contributed by atoms with Gasteiger partial charge in [0.05, 0.1) is 25.9 Å². The zero-order valence-electron chi connectivity index (χ0n) is 15.1. The number of hydrogen-bond acceptors (Lipinski definition) is 4. The molecule has 0 aromatic heterocycles. The van der Waals surface area contributed by atoms with Crippen LogP contribution in [0.3, 0.4) is 0 Å². The molecule has 0 saturated carbocycles. The predicted molar refractivity (Wildman–Crippen MR) is 113 cm³/mol. The average Bonchev–Trinajstić information content (AvgIpc) is 2.68. The second-order valence-corrected chi connectivity index (χ2v) is 5.28. The van der Waals surface area contributed by atoms with Crippen molar-refractivity contribution in [2.45, 2.75) is 13.1 Å². The lowest BCUT2D eigenvalue weighted by atomic mass is 10.1. The molecule has 7 heteroatoms. The summed E-state index contributed by atoms with van der Waals surface area (Å²) in [4.78, 5) is 4.21. The van der Waals surface area contributed by atoms with Crippen LogP contribution >= 0.6 is 24.0 Å². The fraction of sp³-hybridized carbons (Fsp3) is 0.263. The number of hydrogen-bond donors (Lipinski definition) is 2. The van der Waals surface area contributed by atoms with E-state index >= 15 is 0 Å². The van der Waals surface area contributed by atoms with Gasteiger partial charge >= 0.3 is 0 Å². The zero-order valence-corrected chi connectivity index (χ0v) is 17.4. The Kier molecular flexibility index (Phi) is 9.30. The van der Waals surface area contributed by atoms with Crippen LogP contribution in [0.2, 0.25) is 0 Å². The van der Waals surface area contributed by atoms with Crippen LogP contribution < -0.4 is 20.1 Å². The molecular weight excluding hydrogens is 443 g/mol. The maximum absolute atomic E-state index is 8.82. The summed E-state index contributed by atoms with van der Waals surface area (Å²) in [5, 5.41) is 15.3. The molecule has 0 radical (unpaired) electrons. The Morgan fingerprint density at radius 3 is 2.08 bits per heavy atom. The minimum absolute atomic E-state index is 0. The lowest BCUT2D eigenvalue weighted by Gasteiger charge is -2.13. The van der Waals surface area contributed by atoms with E-state index in [0.29, 0.717) is 36.1 Å². The second-order valence-electron chi connectivity index (χ2n) is 5.28. The van der Waals surface area contributed by atoms with Gasteiger partial charge in [0.2, 0.25) is 0 Å². The van der Waals surface area contributed by atoms with Crippen molar-refractivity contribution in [2.75, 3.05) is 21.3 Å². The monoisotopic (exact) mass is 466 g/mol. The SMILES string of the molecule is CN=C(NCc1ccc(C#N)cc1)NCc1ccc(OC)c(OC)c1.I. The van der Waals surface area contributed by atoms with Crippen LogP contribution in [-0.4, -0.2) is 27.2 Å². The third-order valence-electron chi connectivity index (χ3n) is 3.67. The lowest BCUT2D eigenvalue weighted by Crippen LogP contribution is -2.36. The van der Waals surface area contributed by atoms with Gasteiger partial charge in [-0.3, -0.25) is 4.99 Å². The van der Waals surface area contributed by atoms with Crippen molar-refractivity contribution < 1.29 is 9.47 Å². The molecule has 0 bridgehead atoms. The van der Waals surface area contributed by atoms with Gasteiger partial charge in [0, 0.05) is 20.1 Å². The van der Waals surface area contributed by atoms with Crippen molar-refractivity contribution in [2.24, 2.45) is 4.99 Å². The number of nitrogens with one attached hydrogen (secondary N) is 2. The van der Waals surface area contributed by atoms with E-state index in [1.807, 2.05) is 30.3 Å². The van der Waals surface area contributed by atoms with Gasteiger partial charge in [0.1, 0.15) is 0 Å². The topological polar surface area (TPSA) is 78.7 Å². The summed E-state index contributed by atoms with van der Waals surface area (Å²) in [7, 11) is 4.96. The quantitative estimate of drug-likeness (QED) is 0.389. The molecule has 0 heterocycles. The summed E-state index contributed by atoms with van der Waals surface area (Å²) in [6, 6.07) is 15.3. The Morgan fingerprint density at radius 2 is 1.54 bits per heavy atom.